The van der Waals surface area contributed by atoms with E-state index in [0.717, 1.165) is 17.7 Å². The summed E-state index contributed by atoms with van der Waals surface area (Å²) in [6.07, 6.45) is -3.99. The second kappa shape index (κ2) is 13.7. The molecule has 3 aromatic carbocycles. The number of halogens is 5. The minimum atomic E-state index is -4.85. The molecule has 0 aliphatic heterocycles. The first kappa shape index (κ1) is 30.3. The topological polar surface area (TPSA) is 76.7 Å². The van der Waals surface area contributed by atoms with E-state index in [1.807, 2.05) is 7.05 Å². The summed E-state index contributed by atoms with van der Waals surface area (Å²) in [4.78, 5) is 25.6. The van der Waals surface area contributed by atoms with Crippen molar-refractivity contribution in [1.82, 2.24) is 4.72 Å². The van der Waals surface area contributed by atoms with Gasteiger partial charge in [-0.3, -0.25) is 14.3 Å². The molecule has 0 unspecified atom stereocenters. The number of benzene rings is 3. The average Bonchev–Trinajstić information content (AvgIpc) is 2.88. The van der Waals surface area contributed by atoms with Crippen LogP contribution in [0.1, 0.15) is 33.5 Å². The molecule has 39 heavy (non-hydrogen) atoms. The molecule has 0 aromatic heterocycles. The summed E-state index contributed by atoms with van der Waals surface area (Å²) >= 11 is 7.57. The van der Waals surface area contributed by atoms with Crippen molar-refractivity contribution in [3.8, 4) is 11.5 Å². The molecule has 208 valence electrons. The quantitative estimate of drug-likeness (QED) is 0.107. The Morgan fingerprint density at radius 1 is 1.03 bits per heavy atom. The van der Waals surface area contributed by atoms with E-state index in [2.05, 4.69) is 10.0 Å². The number of carbonyl (C=O) groups is 2. The lowest BCUT2D eigenvalue weighted by molar-refractivity contribution is -0.137. The van der Waals surface area contributed by atoms with Gasteiger partial charge in [0.05, 0.1) is 17.7 Å². The fraction of sp³-hybridized carbons (Fsp3) is 0.259. The van der Waals surface area contributed by atoms with Crippen LogP contribution in [-0.2, 0) is 11.0 Å². The van der Waals surface area contributed by atoms with Crippen molar-refractivity contribution in [3.05, 3.63) is 87.7 Å². The highest BCUT2D eigenvalue weighted by Gasteiger charge is 2.32. The maximum atomic E-state index is 13.9. The van der Waals surface area contributed by atoms with Crippen LogP contribution in [0.25, 0.3) is 0 Å². The van der Waals surface area contributed by atoms with Crippen LogP contribution >= 0.6 is 23.5 Å². The van der Waals surface area contributed by atoms with Crippen LogP contribution in [0.15, 0.2) is 54.6 Å². The van der Waals surface area contributed by atoms with E-state index in [-0.39, 0.29) is 16.3 Å². The maximum Gasteiger partial charge on any atom is 0.416 e. The van der Waals surface area contributed by atoms with E-state index < -0.39 is 41.4 Å². The molecule has 0 saturated heterocycles. The van der Waals surface area contributed by atoms with E-state index in [9.17, 15) is 27.2 Å². The lowest BCUT2D eigenvalue weighted by atomic mass is 10.00. The predicted molar refractivity (Wildman–Crippen MR) is 143 cm³/mol. The normalized spacial score (nSPS) is 11.3. The average molecular weight is 585 g/mol. The number of amides is 1. The molecule has 0 atom stereocenters. The number of anilines is 1. The number of nitrogens with one attached hydrogen (secondary N) is 2. The third kappa shape index (κ3) is 8.87. The number of alkyl halides is 3. The number of ether oxygens (including phenoxy) is 2. The van der Waals surface area contributed by atoms with Gasteiger partial charge in [0.1, 0.15) is 17.3 Å². The molecule has 0 aliphatic rings. The zero-order valence-electron chi connectivity index (χ0n) is 21.0. The van der Waals surface area contributed by atoms with Gasteiger partial charge >= 0.3 is 6.18 Å². The van der Waals surface area contributed by atoms with Gasteiger partial charge in [-0.25, -0.2) is 4.39 Å². The standard InChI is InChI=1S/C27H25ClF4N2O4S/c1-16-10-21(37-8-3-9-39-33-2)5-6-23(16)34-25(35)15-38-24-7-4-19(28)14-22(24)26(36)17-11-18(27(30,31)32)13-20(29)12-17/h4-7,10-14,33H,3,8-9,15H2,1-2H3,(H,34,35). The number of rotatable bonds is 12. The summed E-state index contributed by atoms with van der Waals surface area (Å²) in [5.41, 5.74) is -0.806. The van der Waals surface area contributed by atoms with Crippen LogP contribution in [-0.4, -0.2) is 37.7 Å². The van der Waals surface area contributed by atoms with Crippen molar-refractivity contribution >= 4 is 40.9 Å². The Hall–Kier alpha value is -3.28. The van der Waals surface area contributed by atoms with Gasteiger partial charge in [-0.05, 0) is 80.6 Å². The van der Waals surface area contributed by atoms with Gasteiger partial charge in [-0.15, -0.1) is 0 Å². The van der Waals surface area contributed by atoms with E-state index in [1.165, 1.54) is 18.2 Å². The lowest BCUT2D eigenvalue weighted by Crippen LogP contribution is -2.21. The third-order valence-electron chi connectivity index (χ3n) is 5.31. The van der Waals surface area contributed by atoms with Gasteiger partial charge in [-0.1, -0.05) is 23.5 Å². The number of carbonyl (C=O) groups excluding carboxylic acids is 2. The fourth-order valence-electron chi connectivity index (χ4n) is 3.46. The molecule has 0 aliphatic carbocycles. The Kier molecular flexibility index (Phi) is 10.6. The zero-order chi connectivity index (χ0) is 28.6. The summed E-state index contributed by atoms with van der Waals surface area (Å²) in [6.45, 7) is 1.83. The first-order valence-electron chi connectivity index (χ1n) is 11.6. The van der Waals surface area contributed by atoms with Gasteiger partial charge < -0.3 is 14.8 Å². The summed E-state index contributed by atoms with van der Waals surface area (Å²) in [5, 5.41) is 2.80. The van der Waals surface area contributed by atoms with Crippen molar-refractivity contribution in [2.24, 2.45) is 0 Å². The lowest BCUT2D eigenvalue weighted by Gasteiger charge is -2.14. The van der Waals surface area contributed by atoms with Crippen molar-refractivity contribution in [2.75, 3.05) is 31.3 Å². The molecule has 0 fully saturated rings. The van der Waals surface area contributed by atoms with Gasteiger partial charge in [-0.2, -0.15) is 13.2 Å². The molecule has 3 aromatic rings. The summed E-state index contributed by atoms with van der Waals surface area (Å²) in [7, 11) is 1.85. The van der Waals surface area contributed by atoms with Crippen molar-refractivity contribution in [1.29, 1.82) is 0 Å². The van der Waals surface area contributed by atoms with Crippen LogP contribution in [0.4, 0.5) is 23.2 Å². The minimum Gasteiger partial charge on any atom is -0.494 e. The van der Waals surface area contributed by atoms with Crippen molar-refractivity contribution in [2.45, 2.75) is 19.5 Å². The molecule has 6 nitrogen and oxygen atoms in total. The smallest absolute Gasteiger partial charge is 0.416 e. The fourth-order valence-corrected chi connectivity index (χ4v) is 4.10. The van der Waals surface area contributed by atoms with Gasteiger partial charge in [0.15, 0.2) is 12.4 Å². The monoisotopic (exact) mass is 584 g/mol. The molecule has 12 heteroatoms. The van der Waals surface area contributed by atoms with Gasteiger partial charge in [0.2, 0.25) is 0 Å². The van der Waals surface area contributed by atoms with Crippen molar-refractivity contribution < 1.29 is 36.6 Å². The molecule has 0 heterocycles. The van der Waals surface area contributed by atoms with E-state index in [4.69, 9.17) is 21.1 Å². The number of aryl methyl sites for hydroxylation is 1. The Balaban J connectivity index is 1.68. The Bertz CT molecular complexity index is 1340. The zero-order valence-corrected chi connectivity index (χ0v) is 22.5. The number of hydrogen-bond acceptors (Lipinski definition) is 6. The molecule has 3 rings (SSSR count). The Morgan fingerprint density at radius 2 is 1.79 bits per heavy atom. The highest BCUT2D eigenvalue weighted by molar-refractivity contribution is 7.97. The molecule has 0 radical (unpaired) electrons. The van der Waals surface area contributed by atoms with Crippen LogP contribution in [0.3, 0.4) is 0 Å². The highest BCUT2D eigenvalue weighted by atomic mass is 35.5. The SMILES string of the molecule is CNSCCCOc1ccc(NC(=O)COc2ccc(Cl)cc2C(=O)c2cc(F)cc(C(F)(F)F)c2)c(C)c1. The first-order chi connectivity index (χ1) is 18.5. The molecule has 2 N–H and O–H groups in total. The van der Waals surface area contributed by atoms with Gasteiger partial charge in [0, 0.05) is 22.0 Å². The van der Waals surface area contributed by atoms with Crippen LogP contribution in [0.5, 0.6) is 11.5 Å². The van der Waals surface area contributed by atoms with E-state index in [0.29, 0.717) is 36.2 Å². The van der Waals surface area contributed by atoms with Crippen molar-refractivity contribution in [3.63, 3.8) is 0 Å². The molecular weight excluding hydrogens is 560 g/mol. The second-order valence-electron chi connectivity index (χ2n) is 8.26. The van der Waals surface area contributed by atoms with Gasteiger partial charge in [0.25, 0.3) is 5.91 Å². The Morgan fingerprint density at radius 3 is 2.49 bits per heavy atom. The third-order valence-corrected chi connectivity index (χ3v) is 6.32. The molecule has 0 spiro atoms. The molecular formula is C27H25ClF4N2O4S. The molecule has 0 saturated carbocycles. The Labute approximate surface area is 232 Å². The van der Waals surface area contributed by atoms with Crippen LogP contribution < -0.4 is 19.5 Å². The number of hydrogen-bond donors (Lipinski definition) is 2. The van der Waals surface area contributed by atoms with E-state index >= 15 is 0 Å². The van der Waals surface area contributed by atoms with Crippen LogP contribution in [0, 0.1) is 12.7 Å². The summed E-state index contributed by atoms with van der Waals surface area (Å²) in [6, 6.07) is 10.6. The predicted octanol–water partition coefficient (Wildman–Crippen LogP) is 6.69. The highest BCUT2D eigenvalue weighted by Crippen LogP contribution is 2.32. The molecule has 1 amide bonds. The number of ketones is 1. The largest absolute Gasteiger partial charge is 0.494 e. The van der Waals surface area contributed by atoms with E-state index in [1.54, 1.807) is 37.1 Å². The van der Waals surface area contributed by atoms with Crippen LogP contribution in [0.2, 0.25) is 5.02 Å². The first-order valence-corrected chi connectivity index (χ1v) is 13.0. The summed E-state index contributed by atoms with van der Waals surface area (Å²) in [5.74, 6) is -1.26. The molecule has 0 bridgehead atoms. The second-order valence-corrected chi connectivity index (χ2v) is 9.81. The summed E-state index contributed by atoms with van der Waals surface area (Å²) < 4.78 is 67.4. The maximum absolute atomic E-state index is 13.9. The minimum absolute atomic E-state index is 0.0984.